The second-order valence-electron chi connectivity index (χ2n) is 6.88. The molecule has 2 amide bonds. The van der Waals surface area contributed by atoms with Gasteiger partial charge in [-0.2, -0.15) is 13.2 Å². The van der Waals surface area contributed by atoms with Crippen molar-refractivity contribution >= 4 is 17.5 Å². The first-order valence-corrected chi connectivity index (χ1v) is 9.25. The number of alkyl halides is 3. The van der Waals surface area contributed by atoms with Crippen LogP contribution in [-0.4, -0.2) is 29.6 Å². The van der Waals surface area contributed by atoms with Crippen molar-refractivity contribution in [2.24, 2.45) is 0 Å². The molecule has 0 saturated carbocycles. The molecule has 1 atom stereocenters. The molecule has 0 saturated heterocycles. The first-order chi connectivity index (χ1) is 14.8. The molecule has 4 rings (SSSR count). The van der Waals surface area contributed by atoms with Gasteiger partial charge >= 0.3 is 6.18 Å². The number of amides is 2. The zero-order valence-corrected chi connectivity index (χ0v) is 15.9. The van der Waals surface area contributed by atoms with E-state index in [-0.39, 0.29) is 23.7 Å². The van der Waals surface area contributed by atoms with E-state index in [0.29, 0.717) is 12.2 Å². The van der Waals surface area contributed by atoms with Crippen LogP contribution in [0.25, 0.3) is 0 Å². The Hall–Kier alpha value is -3.82. The number of aromatic nitrogens is 1. The minimum Gasteiger partial charge on any atom is -0.489 e. The Morgan fingerprint density at radius 3 is 2.68 bits per heavy atom. The summed E-state index contributed by atoms with van der Waals surface area (Å²) in [7, 11) is 0. The highest BCUT2D eigenvalue weighted by Crippen LogP contribution is 2.35. The maximum atomic E-state index is 12.9. The molecule has 2 heterocycles. The van der Waals surface area contributed by atoms with E-state index in [4.69, 9.17) is 9.26 Å². The zero-order valence-electron chi connectivity index (χ0n) is 15.9. The highest BCUT2D eigenvalue weighted by atomic mass is 19.4. The Labute approximate surface area is 174 Å². The van der Waals surface area contributed by atoms with Crippen LogP contribution in [0.1, 0.15) is 27.4 Å². The summed E-state index contributed by atoms with van der Waals surface area (Å²) >= 11 is 0. The predicted octanol–water partition coefficient (Wildman–Crippen LogP) is 3.41. The van der Waals surface area contributed by atoms with Gasteiger partial charge in [0.25, 0.3) is 11.8 Å². The van der Waals surface area contributed by atoms with Crippen LogP contribution in [0.3, 0.4) is 0 Å². The summed E-state index contributed by atoms with van der Waals surface area (Å²) in [5, 5.41) is 8.54. The lowest BCUT2D eigenvalue weighted by Gasteiger charge is -2.13. The number of halogens is 3. The molecular weight excluding hydrogens is 415 g/mol. The smallest absolute Gasteiger partial charge is 0.416 e. The van der Waals surface area contributed by atoms with Crippen LogP contribution in [0.2, 0.25) is 0 Å². The first-order valence-electron chi connectivity index (χ1n) is 9.25. The Kier molecular flexibility index (Phi) is 5.37. The third-order valence-electron chi connectivity index (χ3n) is 4.60. The van der Waals surface area contributed by atoms with E-state index in [1.165, 1.54) is 6.07 Å². The van der Waals surface area contributed by atoms with Gasteiger partial charge in [-0.3, -0.25) is 9.59 Å². The van der Waals surface area contributed by atoms with E-state index in [0.717, 1.165) is 23.8 Å². The molecule has 1 aromatic heterocycles. The third kappa shape index (κ3) is 4.68. The van der Waals surface area contributed by atoms with E-state index >= 15 is 0 Å². The fourth-order valence-electron chi connectivity index (χ4n) is 3.04. The number of rotatable bonds is 4. The highest BCUT2D eigenvalue weighted by molar-refractivity contribution is 6.01. The SMILES string of the molecule is O=C(N[C@@H]1COc2ccc(C(F)(F)F)cc2NC1=O)c1cc(Cc2ccccc2)on1. The molecule has 0 radical (unpaired) electrons. The standard InChI is InChI=1S/C21H16F3N3O4/c22-21(23,24)13-6-7-18-15(9-13)25-20(29)17(11-30-18)26-19(28)16-10-14(31-27-16)8-12-4-2-1-3-5-12/h1-7,9-10,17H,8,11H2,(H,25,29)(H,26,28)/t17-/m1/s1. The maximum absolute atomic E-state index is 12.9. The molecular formula is C21H16F3N3O4. The van der Waals surface area contributed by atoms with Crippen LogP contribution >= 0.6 is 0 Å². The van der Waals surface area contributed by atoms with Crippen molar-refractivity contribution in [2.45, 2.75) is 18.6 Å². The number of carbonyl (C=O) groups is 2. The molecule has 1 aliphatic rings. The molecule has 2 aromatic carbocycles. The van der Waals surface area contributed by atoms with Crippen molar-refractivity contribution in [3.05, 3.63) is 77.2 Å². The Bertz CT molecular complexity index is 1110. The lowest BCUT2D eigenvalue weighted by atomic mass is 10.1. The van der Waals surface area contributed by atoms with Gasteiger partial charge < -0.3 is 19.9 Å². The molecule has 1 aliphatic heterocycles. The first kappa shape index (κ1) is 20.5. The van der Waals surface area contributed by atoms with Crippen LogP contribution in [0.5, 0.6) is 5.75 Å². The number of nitrogens with one attached hydrogen (secondary N) is 2. The maximum Gasteiger partial charge on any atom is 0.416 e. The molecule has 2 N–H and O–H groups in total. The fourth-order valence-corrected chi connectivity index (χ4v) is 3.04. The van der Waals surface area contributed by atoms with Gasteiger partial charge in [0.15, 0.2) is 5.69 Å². The van der Waals surface area contributed by atoms with Gasteiger partial charge in [0.05, 0.1) is 11.3 Å². The van der Waals surface area contributed by atoms with Gasteiger partial charge in [0, 0.05) is 12.5 Å². The summed E-state index contributed by atoms with van der Waals surface area (Å²) in [5.41, 5.74) is -0.104. The average molecular weight is 431 g/mol. The summed E-state index contributed by atoms with van der Waals surface area (Å²) < 4.78 is 49.3. The summed E-state index contributed by atoms with van der Waals surface area (Å²) in [6.07, 6.45) is -4.13. The second kappa shape index (κ2) is 8.13. The summed E-state index contributed by atoms with van der Waals surface area (Å²) in [6.45, 7) is -0.259. The van der Waals surface area contributed by atoms with Crippen molar-refractivity contribution in [3.63, 3.8) is 0 Å². The molecule has 0 fully saturated rings. The molecule has 31 heavy (non-hydrogen) atoms. The monoisotopic (exact) mass is 431 g/mol. The van der Waals surface area contributed by atoms with Crippen molar-refractivity contribution in [2.75, 3.05) is 11.9 Å². The normalized spacial score (nSPS) is 16.0. The van der Waals surface area contributed by atoms with Gasteiger partial charge in [-0.25, -0.2) is 0 Å². The molecule has 0 aliphatic carbocycles. The Balaban J connectivity index is 1.43. The van der Waals surface area contributed by atoms with Crippen molar-refractivity contribution < 1.29 is 32.0 Å². The molecule has 0 unspecified atom stereocenters. The van der Waals surface area contributed by atoms with Gasteiger partial charge in [-0.1, -0.05) is 35.5 Å². The number of hydrogen-bond donors (Lipinski definition) is 2. The lowest BCUT2D eigenvalue weighted by Crippen LogP contribution is -2.46. The average Bonchev–Trinajstić information content (AvgIpc) is 3.14. The number of anilines is 1. The number of fused-ring (bicyclic) bond motifs is 1. The van der Waals surface area contributed by atoms with Gasteiger partial charge in [0.2, 0.25) is 0 Å². The van der Waals surface area contributed by atoms with Gasteiger partial charge in [-0.15, -0.1) is 0 Å². The molecule has 10 heteroatoms. The molecule has 0 spiro atoms. The molecule has 0 bridgehead atoms. The fraction of sp³-hybridized carbons (Fsp3) is 0.190. The van der Waals surface area contributed by atoms with E-state index in [1.807, 2.05) is 30.3 Å². The predicted molar refractivity (Wildman–Crippen MR) is 103 cm³/mol. The van der Waals surface area contributed by atoms with Crippen LogP contribution in [0, 0.1) is 0 Å². The summed E-state index contributed by atoms with van der Waals surface area (Å²) in [4.78, 5) is 24.9. The number of hydrogen-bond acceptors (Lipinski definition) is 5. The van der Waals surface area contributed by atoms with E-state index < -0.39 is 29.6 Å². The van der Waals surface area contributed by atoms with Crippen LogP contribution in [0.4, 0.5) is 18.9 Å². The number of carbonyl (C=O) groups excluding carboxylic acids is 2. The Morgan fingerprint density at radius 2 is 1.94 bits per heavy atom. The molecule has 160 valence electrons. The number of benzene rings is 2. The third-order valence-corrected chi connectivity index (χ3v) is 4.60. The van der Waals surface area contributed by atoms with E-state index in [2.05, 4.69) is 15.8 Å². The Morgan fingerprint density at radius 1 is 1.16 bits per heavy atom. The van der Waals surface area contributed by atoms with Crippen LogP contribution in [-0.2, 0) is 17.4 Å². The van der Waals surface area contributed by atoms with E-state index in [1.54, 1.807) is 0 Å². The summed E-state index contributed by atoms with van der Waals surface area (Å²) in [6, 6.07) is 12.5. The van der Waals surface area contributed by atoms with Crippen LogP contribution in [0.15, 0.2) is 59.1 Å². The van der Waals surface area contributed by atoms with Gasteiger partial charge in [-0.05, 0) is 23.8 Å². The minimum absolute atomic E-state index is 0.0279. The van der Waals surface area contributed by atoms with Crippen LogP contribution < -0.4 is 15.4 Å². The molecule has 3 aromatic rings. The second-order valence-corrected chi connectivity index (χ2v) is 6.88. The number of ether oxygens (including phenoxy) is 1. The van der Waals surface area contributed by atoms with Crippen molar-refractivity contribution in [3.8, 4) is 5.75 Å². The van der Waals surface area contributed by atoms with Gasteiger partial charge in [0.1, 0.15) is 24.2 Å². The van der Waals surface area contributed by atoms with Crippen molar-refractivity contribution in [1.29, 1.82) is 0 Å². The number of nitrogens with zero attached hydrogens (tertiary/aromatic N) is 1. The van der Waals surface area contributed by atoms with Crippen molar-refractivity contribution in [1.82, 2.24) is 10.5 Å². The molecule has 7 nitrogen and oxygen atoms in total. The summed E-state index contributed by atoms with van der Waals surface area (Å²) in [5.74, 6) is -0.845. The zero-order chi connectivity index (χ0) is 22.0. The quantitative estimate of drug-likeness (QED) is 0.661. The lowest BCUT2D eigenvalue weighted by molar-refractivity contribution is -0.137. The topological polar surface area (TPSA) is 93.5 Å². The van der Waals surface area contributed by atoms with E-state index in [9.17, 15) is 22.8 Å². The minimum atomic E-state index is -4.57. The largest absolute Gasteiger partial charge is 0.489 e. The highest BCUT2D eigenvalue weighted by Gasteiger charge is 2.33.